The fourth-order valence-corrected chi connectivity index (χ4v) is 6.29. The van der Waals surface area contributed by atoms with E-state index in [1.165, 1.54) is 6.42 Å². The summed E-state index contributed by atoms with van der Waals surface area (Å²) in [6.45, 7) is 0.716. The number of aliphatic carboxylic acids is 1. The van der Waals surface area contributed by atoms with Crippen LogP contribution in [0.25, 0.3) is 11.1 Å². The molecule has 0 saturated carbocycles. The standard InChI is InChI=1S/C27H32N2O5S/c1-29(16-18-8-6-7-15-35-18)26(32)24(13-14-25(30)31)28-27(33)34-17-23-21-11-4-2-9-19(21)20-10-3-5-12-22(20)23/h2-5,9-12,18,23-24H,6-8,13-17H2,1H3,(H,28,33)(H,30,31). The zero-order valence-corrected chi connectivity index (χ0v) is 20.8. The summed E-state index contributed by atoms with van der Waals surface area (Å²) in [6, 6.07) is 15.2. The number of likely N-dealkylation sites (N-methyl/N-ethyl adjacent to an activating group) is 1. The van der Waals surface area contributed by atoms with E-state index >= 15 is 0 Å². The minimum atomic E-state index is -1.01. The number of carbonyl (C=O) groups is 3. The molecule has 4 rings (SSSR count). The van der Waals surface area contributed by atoms with Crippen molar-refractivity contribution in [3.8, 4) is 11.1 Å². The molecule has 2 aromatic carbocycles. The number of fused-ring (bicyclic) bond motifs is 3. The summed E-state index contributed by atoms with van der Waals surface area (Å²) in [6.07, 6.45) is 2.49. The molecule has 1 saturated heterocycles. The number of hydrogen-bond acceptors (Lipinski definition) is 5. The fourth-order valence-electron chi connectivity index (χ4n) is 4.92. The highest BCUT2D eigenvalue weighted by molar-refractivity contribution is 7.99. The SMILES string of the molecule is CN(CC1CCCCS1)C(=O)C(CCC(=O)O)NC(=O)OCC1c2ccccc2-c2ccccc21. The number of amides is 2. The number of benzene rings is 2. The average molecular weight is 497 g/mol. The Morgan fingerprint density at radius 1 is 1.09 bits per heavy atom. The number of nitrogens with zero attached hydrogens (tertiary/aromatic N) is 1. The van der Waals surface area contributed by atoms with Crippen LogP contribution < -0.4 is 5.32 Å². The summed E-state index contributed by atoms with van der Waals surface area (Å²) in [4.78, 5) is 38.6. The van der Waals surface area contributed by atoms with Gasteiger partial charge >= 0.3 is 12.1 Å². The maximum atomic E-state index is 13.1. The molecule has 8 heteroatoms. The lowest BCUT2D eigenvalue weighted by Crippen LogP contribution is -2.49. The van der Waals surface area contributed by atoms with Crippen LogP contribution in [0.4, 0.5) is 4.79 Å². The molecule has 2 unspecified atom stereocenters. The molecule has 0 radical (unpaired) electrons. The van der Waals surface area contributed by atoms with Crippen molar-refractivity contribution >= 4 is 29.7 Å². The molecule has 186 valence electrons. The third-order valence-electron chi connectivity index (χ3n) is 6.71. The van der Waals surface area contributed by atoms with Crippen molar-refractivity contribution in [1.29, 1.82) is 0 Å². The van der Waals surface area contributed by atoms with Crippen molar-refractivity contribution in [2.45, 2.75) is 49.3 Å². The van der Waals surface area contributed by atoms with E-state index in [2.05, 4.69) is 17.4 Å². The topological polar surface area (TPSA) is 95.9 Å². The minimum absolute atomic E-state index is 0.0144. The number of nitrogens with one attached hydrogen (secondary N) is 1. The summed E-state index contributed by atoms with van der Waals surface area (Å²) >= 11 is 1.86. The Labute approximate surface area is 210 Å². The summed E-state index contributed by atoms with van der Waals surface area (Å²) < 4.78 is 5.58. The van der Waals surface area contributed by atoms with Crippen LogP contribution in [0.5, 0.6) is 0 Å². The number of carboxylic acid groups (broad SMARTS) is 1. The molecule has 1 aliphatic heterocycles. The number of thioether (sulfide) groups is 1. The molecule has 1 heterocycles. The van der Waals surface area contributed by atoms with Gasteiger partial charge in [-0.25, -0.2) is 4.79 Å². The Bertz CT molecular complexity index is 1020. The number of carboxylic acids is 1. The van der Waals surface area contributed by atoms with Crippen molar-refractivity contribution in [2.24, 2.45) is 0 Å². The Morgan fingerprint density at radius 3 is 2.34 bits per heavy atom. The zero-order valence-electron chi connectivity index (χ0n) is 19.9. The van der Waals surface area contributed by atoms with Crippen LogP contribution in [0.15, 0.2) is 48.5 Å². The second-order valence-electron chi connectivity index (χ2n) is 9.16. The van der Waals surface area contributed by atoms with Crippen molar-refractivity contribution in [3.63, 3.8) is 0 Å². The third kappa shape index (κ3) is 6.17. The van der Waals surface area contributed by atoms with Crippen molar-refractivity contribution in [1.82, 2.24) is 10.2 Å². The van der Waals surface area contributed by atoms with Gasteiger partial charge in [-0.05, 0) is 47.3 Å². The van der Waals surface area contributed by atoms with E-state index in [9.17, 15) is 14.4 Å². The first-order valence-electron chi connectivity index (χ1n) is 12.1. The number of alkyl carbamates (subject to hydrolysis) is 1. The van der Waals surface area contributed by atoms with Crippen LogP contribution in [-0.4, -0.2) is 65.2 Å². The molecular weight excluding hydrogens is 464 g/mol. The Hall–Kier alpha value is -3.00. The van der Waals surface area contributed by atoms with Gasteiger partial charge in [0, 0.05) is 31.2 Å². The van der Waals surface area contributed by atoms with Gasteiger partial charge in [0.05, 0.1) is 0 Å². The van der Waals surface area contributed by atoms with Crippen LogP contribution in [-0.2, 0) is 14.3 Å². The van der Waals surface area contributed by atoms with Crippen LogP contribution in [0.2, 0.25) is 0 Å². The predicted molar refractivity (Wildman–Crippen MR) is 137 cm³/mol. The Balaban J connectivity index is 1.39. The first-order valence-corrected chi connectivity index (χ1v) is 13.2. The van der Waals surface area contributed by atoms with Crippen LogP contribution in [0.1, 0.15) is 49.1 Å². The van der Waals surface area contributed by atoms with E-state index in [-0.39, 0.29) is 31.3 Å². The molecule has 7 nitrogen and oxygen atoms in total. The molecule has 2 N–H and O–H groups in total. The number of ether oxygens (including phenoxy) is 1. The number of rotatable bonds is 9. The van der Waals surface area contributed by atoms with E-state index in [4.69, 9.17) is 9.84 Å². The average Bonchev–Trinajstić information content (AvgIpc) is 3.19. The van der Waals surface area contributed by atoms with Crippen molar-refractivity contribution < 1.29 is 24.2 Å². The molecule has 2 atom stereocenters. The summed E-state index contributed by atoms with van der Waals surface area (Å²) in [7, 11) is 1.71. The van der Waals surface area contributed by atoms with Gasteiger partial charge in [-0.1, -0.05) is 55.0 Å². The highest BCUT2D eigenvalue weighted by atomic mass is 32.2. The van der Waals surface area contributed by atoms with Gasteiger partial charge in [-0.3, -0.25) is 9.59 Å². The first kappa shape index (κ1) is 25.1. The molecule has 1 fully saturated rings. The molecule has 0 aromatic heterocycles. The molecule has 0 bridgehead atoms. The number of carbonyl (C=O) groups excluding carboxylic acids is 2. The van der Waals surface area contributed by atoms with E-state index in [1.54, 1.807) is 11.9 Å². The van der Waals surface area contributed by atoms with Gasteiger partial charge in [0.2, 0.25) is 5.91 Å². The van der Waals surface area contributed by atoms with Gasteiger partial charge < -0.3 is 20.1 Å². The van der Waals surface area contributed by atoms with E-state index in [1.807, 2.05) is 48.2 Å². The smallest absolute Gasteiger partial charge is 0.407 e. The quantitative estimate of drug-likeness (QED) is 0.531. The Morgan fingerprint density at radius 2 is 1.74 bits per heavy atom. The van der Waals surface area contributed by atoms with Gasteiger partial charge in [0.15, 0.2) is 0 Å². The predicted octanol–water partition coefficient (Wildman–Crippen LogP) is 4.50. The Kier molecular flexibility index (Phi) is 8.33. The van der Waals surface area contributed by atoms with E-state index in [0.717, 1.165) is 40.8 Å². The summed E-state index contributed by atoms with van der Waals surface area (Å²) in [5, 5.41) is 12.1. The maximum Gasteiger partial charge on any atom is 0.407 e. The van der Waals surface area contributed by atoms with Gasteiger partial charge in [-0.2, -0.15) is 11.8 Å². The summed E-state index contributed by atoms with van der Waals surface area (Å²) in [5.74, 6) is -0.298. The van der Waals surface area contributed by atoms with Crippen molar-refractivity contribution in [2.75, 3.05) is 26.0 Å². The maximum absolute atomic E-state index is 13.1. The molecule has 2 amide bonds. The molecule has 2 aromatic rings. The normalized spacial score (nSPS) is 17.7. The lowest BCUT2D eigenvalue weighted by molar-refractivity contribution is -0.137. The van der Waals surface area contributed by atoms with Crippen molar-refractivity contribution in [3.05, 3.63) is 59.7 Å². The van der Waals surface area contributed by atoms with Crippen LogP contribution >= 0.6 is 11.8 Å². The highest BCUT2D eigenvalue weighted by Crippen LogP contribution is 2.44. The van der Waals surface area contributed by atoms with Crippen LogP contribution in [0.3, 0.4) is 0 Å². The lowest BCUT2D eigenvalue weighted by atomic mass is 9.98. The van der Waals surface area contributed by atoms with Gasteiger partial charge in [-0.15, -0.1) is 0 Å². The van der Waals surface area contributed by atoms with Gasteiger partial charge in [0.25, 0.3) is 0 Å². The van der Waals surface area contributed by atoms with Gasteiger partial charge in [0.1, 0.15) is 12.6 Å². The molecule has 1 aliphatic carbocycles. The minimum Gasteiger partial charge on any atom is -0.481 e. The second kappa shape index (κ2) is 11.6. The molecule has 0 spiro atoms. The molecule has 35 heavy (non-hydrogen) atoms. The van der Waals surface area contributed by atoms with Crippen LogP contribution in [0, 0.1) is 0 Å². The lowest BCUT2D eigenvalue weighted by Gasteiger charge is -2.29. The van der Waals surface area contributed by atoms with E-state index < -0.39 is 18.1 Å². The first-order chi connectivity index (χ1) is 16.9. The van der Waals surface area contributed by atoms with E-state index in [0.29, 0.717) is 11.8 Å². The number of hydrogen-bond donors (Lipinski definition) is 2. The molecular formula is C27H32N2O5S. The fraction of sp³-hybridized carbons (Fsp3) is 0.444. The highest BCUT2D eigenvalue weighted by Gasteiger charge is 2.31. The third-order valence-corrected chi connectivity index (χ3v) is 8.09. The monoisotopic (exact) mass is 496 g/mol. The largest absolute Gasteiger partial charge is 0.481 e. The summed E-state index contributed by atoms with van der Waals surface area (Å²) in [5.41, 5.74) is 4.47. The second-order valence-corrected chi connectivity index (χ2v) is 10.6. The zero-order chi connectivity index (χ0) is 24.8. The molecule has 2 aliphatic rings.